The highest BCUT2D eigenvalue weighted by Crippen LogP contribution is 2.32. The molecule has 2 heteroatoms. The van der Waals surface area contributed by atoms with Gasteiger partial charge in [0.1, 0.15) is 5.82 Å². The summed E-state index contributed by atoms with van der Waals surface area (Å²) in [6.45, 7) is 2.19. The summed E-state index contributed by atoms with van der Waals surface area (Å²) in [7, 11) is 0. The van der Waals surface area contributed by atoms with Crippen LogP contribution in [0.5, 0.6) is 0 Å². The van der Waals surface area contributed by atoms with Gasteiger partial charge in [0, 0.05) is 5.56 Å². The number of aromatic nitrogens is 2. The maximum atomic E-state index is 4.79. The highest BCUT2D eigenvalue weighted by molar-refractivity contribution is 5.98. The van der Waals surface area contributed by atoms with Crippen molar-refractivity contribution in [1.29, 1.82) is 0 Å². The second-order valence-corrected chi connectivity index (χ2v) is 5.28. The van der Waals surface area contributed by atoms with Crippen LogP contribution in [-0.2, 0) is 6.42 Å². The molecule has 1 N–H and O–H groups in total. The monoisotopic (exact) mass is 272 g/mol. The van der Waals surface area contributed by atoms with Crippen LogP contribution in [0.25, 0.3) is 33.2 Å². The number of imidazole rings is 1. The normalized spacial score (nSPS) is 11.3. The molecule has 0 unspecified atom stereocenters. The number of hydrogen-bond acceptors (Lipinski definition) is 1. The second kappa shape index (κ2) is 4.74. The Morgan fingerprint density at radius 2 is 1.71 bits per heavy atom. The smallest absolute Gasteiger partial charge is 0.139 e. The van der Waals surface area contributed by atoms with E-state index in [1.807, 2.05) is 18.2 Å². The summed E-state index contributed by atoms with van der Waals surface area (Å²) >= 11 is 0. The molecule has 0 atom stereocenters. The molecule has 0 amide bonds. The average Bonchev–Trinajstić information content (AvgIpc) is 2.97. The zero-order valence-corrected chi connectivity index (χ0v) is 11.9. The highest BCUT2D eigenvalue weighted by atomic mass is 14.9. The van der Waals surface area contributed by atoms with Gasteiger partial charge in [-0.25, -0.2) is 4.98 Å². The van der Waals surface area contributed by atoms with Crippen molar-refractivity contribution in [2.75, 3.05) is 0 Å². The van der Waals surface area contributed by atoms with Crippen molar-refractivity contribution in [1.82, 2.24) is 9.97 Å². The van der Waals surface area contributed by atoms with Crippen LogP contribution in [0.3, 0.4) is 0 Å². The van der Waals surface area contributed by atoms with Gasteiger partial charge in [0.05, 0.1) is 11.0 Å². The molecule has 0 fully saturated rings. The molecule has 0 saturated heterocycles. The van der Waals surface area contributed by atoms with Crippen LogP contribution in [0, 0.1) is 0 Å². The third-order valence-electron chi connectivity index (χ3n) is 4.02. The first-order valence-corrected chi connectivity index (χ1v) is 7.32. The van der Waals surface area contributed by atoms with Crippen molar-refractivity contribution in [2.45, 2.75) is 13.3 Å². The highest BCUT2D eigenvalue weighted by Gasteiger charge is 2.12. The lowest BCUT2D eigenvalue weighted by Crippen LogP contribution is -1.91. The van der Waals surface area contributed by atoms with Crippen molar-refractivity contribution in [2.24, 2.45) is 0 Å². The lowest BCUT2D eigenvalue weighted by Gasteiger charge is -2.09. The van der Waals surface area contributed by atoms with Crippen LogP contribution in [-0.4, -0.2) is 9.97 Å². The number of rotatable bonds is 2. The van der Waals surface area contributed by atoms with E-state index >= 15 is 0 Å². The van der Waals surface area contributed by atoms with Crippen molar-refractivity contribution in [3.8, 4) is 11.4 Å². The van der Waals surface area contributed by atoms with Crippen LogP contribution < -0.4 is 0 Å². The zero-order chi connectivity index (χ0) is 14.2. The number of aromatic amines is 1. The Labute approximate surface area is 123 Å². The lowest BCUT2D eigenvalue weighted by atomic mass is 9.97. The summed E-state index contributed by atoms with van der Waals surface area (Å²) in [6.07, 6.45) is 0.997. The van der Waals surface area contributed by atoms with Crippen molar-refractivity contribution in [3.63, 3.8) is 0 Å². The van der Waals surface area contributed by atoms with Gasteiger partial charge < -0.3 is 4.98 Å². The molecule has 4 aromatic rings. The van der Waals surface area contributed by atoms with Gasteiger partial charge in [0.2, 0.25) is 0 Å². The average molecular weight is 272 g/mol. The van der Waals surface area contributed by atoms with Crippen molar-refractivity contribution < 1.29 is 0 Å². The summed E-state index contributed by atoms with van der Waals surface area (Å²) in [4.78, 5) is 8.25. The summed E-state index contributed by atoms with van der Waals surface area (Å²) < 4.78 is 0. The van der Waals surface area contributed by atoms with Gasteiger partial charge in [0.25, 0.3) is 0 Å². The van der Waals surface area contributed by atoms with E-state index in [1.54, 1.807) is 0 Å². The van der Waals surface area contributed by atoms with Gasteiger partial charge >= 0.3 is 0 Å². The van der Waals surface area contributed by atoms with E-state index < -0.39 is 0 Å². The molecule has 2 nitrogen and oxygen atoms in total. The molecule has 1 heterocycles. The Balaban J connectivity index is 2.08. The van der Waals surface area contributed by atoms with E-state index in [9.17, 15) is 0 Å². The standard InChI is InChI=1S/C19H16N2/c1-2-13-11-12-14-7-3-4-8-15(14)18(13)19-20-16-9-5-6-10-17(16)21-19/h3-12H,2H2,1H3,(H,20,21). The summed E-state index contributed by atoms with van der Waals surface area (Å²) in [5.74, 6) is 0.963. The van der Waals surface area contributed by atoms with E-state index in [-0.39, 0.29) is 0 Å². The molecule has 21 heavy (non-hydrogen) atoms. The van der Waals surface area contributed by atoms with Gasteiger partial charge in [-0.15, -0.1) is 0 Å². The molecule has 0 aliphatic heterocycles. The van der Waals surface area contributed by atoms with Gasteiger partial charge in [-0.05, 0) is 34.9 Å². The van der Waals surface area contributed by atoms with Gasteiger partial charge in [-0.1, -0.05) is 55.5 Å². The molecule has 0 spiro atoms. The topological polar surface area (TPSA) is 28.7 Å². The number of para-hydroxylation sites is 2. The first-order chi connectivity index (χ1) is 10.4. The number of aryl methyl sites for hydroxylation is 1. The number of nitrogens with zero attached hydrogens (tertiary/aromatic N) is 1. The summed E-state index contributed by atoms with van der Waals surface area (Å²) in [5, 5.41) is 2.51. The van der Waals surface area contributed by atoms with E-state index in [4.69, 9.17) is 4.98 Å². The Kier molecular flexibility index (Phi) is 2.74. The Morgan fingerprint density at radius 3 is 2.57 bits per heavy atom. The summed E-state index contributed by atoms with van der Waals surface area (Å²) in [5.41, 5.74) is 4.66. The Bertz CT molecular complexity index is 902. The molecular weight excluding hydrogens is 256 g/mol. The molecule has 3 aromatic carbocycles. The second-order valence-electron chi connectivity index (χ2n) is 5.28. The van der Waals surface area contributed by atoms with Gasteiger partial charge in [-0.3, -0.25) is 0 Å². The molecular formula is C19H16N2. The molecule has 0 bridgehead atoms. The molecule has 0 radical (unpaired) electrons. The Hall–Kier alpha value is -2.61. The number of fused-ring (bicyclic) bond motifs is 2. The predicted octanol–water partition coefficient (Wildman–Crippen LogP) is 4.95. The number of nitrogens with one attached hydrogen (secondary N) is 1. The maximum Gasteiger partial charge on any atom is 0.139 e. The maximum absolute atomic E-state index is 4.79. The molecule has 0 aliphatic carbocycles. The predicted molar refractivity (Wildman–Crippen MR) is 88.4 cm³/mol. The first-order valence-electron chi connectivity index (χ1n) is 7.32. The first kappa shape index (κ1) is 12.2. The van der Waals surface area contributed by atoms with E-state index in [0.29, 0.717) is 0 Å². The van der Waals surface area contributed by atoms with Gasteiger partial charge in [0.15, 0.2) is 0 Å². The fourth-order valence-electron chi connectivity index (χ4n) is 2.96. The largest absolute Gasteiger partial charge is 0.338 e. The van der Waals surface area contributed by atoms with Crippen molar-refractivity contribution >= 4 is 21.8 Å². The third kappa shape index (κ3) is 1.91. The van der Waals surface area contributed by atoms with Crippen LogP contribution in [0.4, 0.5) is 0 Å². The molecule has 0 aliphatic rings. The number of H-pyrrole nitrogens is 1. The van der Waals surface area contributed by atoms with E-state index in [2.05, 4.69) is 54.4 Å². The molecule has 0 saturated carbocycles. The zero-order valence-electron chi connectivity index (χ0n) is 11.9. The molecule has 4 rings (SSSR count). The van der Waals surface area contributed by atoms with E-state index in [1.165, 1.54) is 21.9 Å². The van der Waals surface area contributed by atoms with Crippen LogP contribution in [0.1, 0.15) is 12.5 Å². The Morgan fingerprint density at radius 1 is 0.905 bits per heavy atom. The molecule has 102 valence electrons. The summed E-state index contributed by atoms with van der Waals surface area (Å²) in [6, 6.07) is 21.1. The minimum Gasteiger partial charge on any atom is -0.338 e. The SMILES string of the molecule is CCc1ccc2ccccc2c1-c1nc2ccccc2[nH]1. The quantitative estimate of drug-likeness (QED) is 0.549. The van der Waals surface area contributed by atoms with E-state index in [0.717, 1.165) is 23.3 Å². The number of hydrogen-bond donors (Lipinski definition) is 1. The minimum atomic E-state index is 0.963. The van der Waals surface area contributed by atoms with Crippen LogP contribution in [0.15, 0.2) is 60.7 Å². The minimum absolute atomic E-state index is 0.963. The number of benzene rings is 3. The lowest BCUT2D eigenvalue weighted by molar-refractivity contribution is 1.14. The van der Waals surface area contributed by atoms with Crippen LogP contribution in [0.2, 0.25) is 0 Å². The van der Waals surface area contributed by atoms with Crippen LogP contribution >= 0.6 is 0 Å². The molecule has 1 aromatic heterocycles. The van der Waals surface area contributed by atoms with Gasteiger partial charge in [-0.2, -0.15) is 0 Å². The third-order valence-corrected chi connectivity index (χ3v) is 4.02. The fraction of sp³-hybridized carbons (Fsp3) is 0.105. The fourth-order valence-corrected chi connectivity index (χ4v) is 2.96. The van der Waals surface area contributed by atoms with Crippen molar-refractivity contribution in [3.05, 3.63) is 66.2 Å².